The van der Waals surface area contributed by atoms with Gasteiger partial charge in [-0.25, -0.2) is 0 Å². The van der Waals surface area contributed by atoms with E-state index in [-0.39, 0.29) is 24.1 Å². The number of hydrogen-bond acceptors (Lipinski definition) is 5. The third-order valence-electron chi connectivity index (χ3n) is 1.45. The molecule has 0 aliphatic rings. The van der Waals surface area contributed by atoms with Gasteiger partial charge >= 0.3 is 6.18 Å². The van der Waals surface area contributed by atoms with Crippen LogP contribution in [0.3, 0.4) is 0 Å². The molecule has 1 aromatic heterocycles. The summed E-state index contributed by atoms with van der Waals surface area (Å²) in [6.45, 7) is 0.135. The minimum Gasteiger partial charge on any atom is -0.415 e. The van der Waals surface area contributed by atoms with Crippen LogP contribution in [-0.4, -0.2) is 22.1 Å². The van der Waals surface area contributed by atoms with Gasteiger partial charge in [0.15, 0.2) is 0 Å². The highest BCUT2D eigenvalue weighted by atomic mass is 32.2. The number of thioether (sulfide) groups is 1. The second-order valence-electron chi connectivity index (χ2n) is 2.73. The number of alkyl halides is 3. The molecule has 0 aliphatic heterocycles. The second kappa shape index (κ2) is 5.36. The van der Waals surface area contributed by atoms with E-state index in [4.69, 9.17) is 10.2 Å². The van der Waals surface area contributed by atoms with E-state index in [1.807, 2.05) is 0 Å². The molecular weight excluding hydrogens is 231 g/mol. The van der Waals surface area contributed by atoms with E-state index in [9.17, 15) is 13.2 Å². The van der Waals surface area contributed by atoms with Gasteiger partial charge in [-0.3, -0.25) is 0 Å². The van der Waals surface area contributed by atoms with Crippen molar-refractivity contribution in [1.82, 2.24) is 10.2 Å². The Hall–Kier alpha value is -0.760. The van der Waals surface area contributed by atoms with Crippen LogP contribution in [0.1, 0.15) is 18.7 Å². The van der Waals surface area contributed by atoms with Gasteiger partial charge in [-0.05, 0) is 6.42 Å². The number of hydrogen-bond donors (Lipinski definition) is 1. The lowest BCUT2D eigenvalue weighted by Crippen LogP contribution is -2.06. The number of rotatable bonds is 5. The van der Waals surface area contributed by atoms with Crippen molar-refractivity contribution >= 4 is 11.8 Å². The van der Waals surface area contributed by atoms with Gasteiger partial charge in [0.1, 0.15) is 0 Å². The van der Waals surface area contributed by atoms with E-state index >= 15 is 0 Å². The maximum Gasteiger partial charge on any atom is 0.389 e. The normalized spacial score (nSPS) is 12.0. The highest BCUT2D eigenvalue weighted by molar-refractivity contribution is 7.99. The first kappa shape index (κ1) is 12.3. The summed E-state index contributed by atoms with van der Waals surface area (Å²) in [4.78, 5) is 0. The Morgan fingerprint density at radius 3 is 2.60 bits per heavy atom. The summed E-state index contributed by atoms with van der Waals surface area (Å²) < 4.78 is 40.3. The molecule has 0 amide bonds. The van der Waals surface area contributed by atoms with Crippen LogP contribution < -0.4 is 5.73 Å². The van der Waals surface area contributed by atoms with Crippen molar-refractivity contribution in [3.63, 3.8) is 0 Å². The van der Waals surface area contributed by atoms with Gasteiger partial charge in [0, 0.05) is 12.2 Å². The molecule has 0 aromatic carbocycles. The van der Waals surface area contributed by atoms with Crippen LogP contribution in [-0.2, 0) is 6.54 Å². The highest BCUT2D eigenvalue weighted by Gasteiger charge is 2.26. The van der Waals surface area contributed by atoms with Gasteiger partial charge in [0.2, 0.25) is 5.89 Å². The summed E-state index contributed by atoms with van der Waals surface area (Å²) in [5.74, 6) is 0.583. The Kier molecular flexibility index (Phi) is 4.40. The van der Waals surface area contributed by atoms with Crippen LogP contribution in [0.2, 0.25) is 0 Å². The minimum absolute atomic E-state index is 0.0362. The van der Waals surface area contributed by atoms with Crippen molar-refractivity contribution in [2.24, 2.45) is 5.73 Å². The van der Waals surface area contributed by atoms with Crippen molar-refractivity contribution < 1.29 is 17.6 Å². The fourth-order valence-corrected chi connectivity index (χ4v) is 1.53. The Bertz CT molecular complexity index is 302. The molecule has 8 heteroatoms. The molecular formula is C7H10F3N3OS. The summed E-state index contributed by atoms with van der Waals surface area (Å²) in [7, 11) is 0. The van der Waals surface area contributed by atoms with Gasteiger partial charge < -0.3 is 10.2 Å². The van der Waals surface area contributed by atoms with Crippen LogP contribution in [0, 0.1) is 0 Å². The Morgan fingerprint density at radius 1 is 1.33 bits per heavy atom. The van der Waals surface area contributed by atoms with Crippen molar-refractivity contribution in [3.8, 4) is 0 Å². The lowest BCUT2D eigenvalue weighted by atomic mass is 10.3. The minimum atomic E-state index is -4.10. The largest absolute Gasteiger partial charge is 0.415 e. The summed E-state index contributed by atoms with van der Waals surface area (Å²) in [5, 5.41) is 7.45. The number of nitrogens with two attached hydrogens (primary N) is 1. The van der Waals surface area contributed by atoms with E-state index in [2.05, 4.69) is 10.2 Å². The fourth-order valence-electron chi connectivity index (χ4n) is 0.811. The second-order valence-corrected chi connectivity index (χ2v) is 3.78. The molecule has 1 aromatic rings. The lowest BCUT2D eigenvalue weighted by Gasteiger charge is -2.03. The standard InChI is InChI=1S/C7H10F3N3OS/c8-7(9,10)2-1-3-15-6-13-12-5(4-11)14-6/h1-4,11H2. The maximum absolute atomic E-state index is 11.8. The van der Waals surface area contributed by atoms with Crippen molar-refractivity contribution in [1.29, 1.82) is 0 Å². The summed E-state index contributed by atoms with van der Waals surface area (Å²) in [6.07, 6.45) is -4.86. The molecule has 0 saturated heterocycles. The molecule has 0 bridgehead atoms. The van der Waals surface area contributed by atoms with Crippen LogP contribution >= 0.6 is 11.8 Å². The number of nitrogens with zero attached hydrogens (tertiary/aromatic N) is 2. The zero-order valence-electron chi connectivity index (χ0n) is 7.75. The number of aromatic nitrogens is 2. The first-order chi connectivity index (χ1) is 7.01. The number of halogens is 3. The van der Waals surface area contributed by atoms with E-state index in [1.54, 1.807) is 0 Å². The molecule has 4 nitrogen and oxygen atoms in total. The predicted octanol–water partition coefficient (Wildman–Crippen LogP) is 1.96. The Balaban J connectivity index is 2.20. The highest BCUT2D eigenvalue weighted by Crippen LogP contribution is 2.24. The van der Waals surface area contributed by atoms with Gasteiger partial charge in [0.05, 0.1) is 6.54 Å². The molecule has 0 atom stereocenters. The topological polar surface area (TPSA) is 64.9 Å². The Labute approximate surface area is 88.4 Å². The summed E-state index contributed by atoms with van der Waals surface area (Å²) >= 11 is 1.10. The van der Waals surface area contributed by atoms with Crippen molar-refractivity contribution in [2.45, 2.75) is 30.8 Å². The predicted molar refractivity (Wildman–Crippen MR) is 48.2 cm³/mol. The molecule has 0 spiro atoms. The van der Waals surface area contributed by atoms with E-state index < -0.39 is 12.6 Å². The first-order valence-electron chi connectivity index (χ1n) is 4.23. The molecule has 0 fully saturated rings. The molecule has 86 valence electrons. The first-order valence-corrected chi connectivity index (χ1v) is 5.22. The SMILES string of the molecule is NCc1nnc(SCCCC(F)(F)F)o1. The molecule has 1 heterocycles. The molecule has 0 saturated carbocycles. The van der Waals surface area contributed by atoms with Gasteiger partial charge in [-0.2, -0.15) is 13.2 Å². The average Bonchev–Trinajstić information content (AvgIpc) is 2.59. The van der Waals surface area contributed by atoms with Gasteiger partial charge in [0.25, 0.3) is 5.22 Å². The van der Waals surface area contributed by atoms with Crippen molar-refractivity contribution in [3.05, 3.63) is 5.89 Å². The maximum atomic E-state index is 11.8. The zero-order chi connectivity index (χ0) is 11.3. The third-order valence-corrected chi connectivity index (χ3v) is 2.36. The summed E-state index contributed by atoms with van der Waals surface area (Å²) in [5.41, 5.74) is 5.22. The summed E-state index contributed by atoms with van der Waals surface area (Å²) in [6, 6.07) is 0. The van der Waals surface area contributed by atoms with Crippen LogP contribution in [0.25, 0.3) is 0 Å². The monoisotopic (exact) mass is 241 g/mol. The molecule has 0 radical (unpaired) electrons. The van der Waals surface area contributed by atoms with Crippen molar-refractivity contribution in [2.75, 3.05) is 5.75 Å². The van der Waals surface area contributed by atoms with E-state index in [0.717, 1.165) is 11.8 Å². The molecule has 0 unspecified atom stereocenters. The van der Waals surface area contributed by atoms with Crippen LogP contribution in [0.4, 0.5) is 13.2 Å². The molecule has 15 heavy (non-hydrogen) atoms. The van der Waals surface area contributed by atoms with Crippen LogP contribution in [0.5, 0.6) is 0 Å². The molecule has 1 rings (SSSR count). The smallest absolute Gasteiger partial charge is 0.389 e. The molecule has 2 N–H and O–H groups in total. The Morgan fingerprint density at radius 2 is 2.07 bits per heavy atom. The fraction of sp³-hybridized carbons (Fsp3) is 0.714. The van der Waals surface area contributed by atoms with Gasteiger partial charge in [-0.1, -0.05) is 11.8 Å². The lowest BCUT2D eigenvalue weighted by molar-refractivity contribution is -0.134. The third kappa shape index (κ3) is 5.03. The van der Waals surface area contributed by atoms with Crippen LogP contribution in [0.15, 0.2) is 9.64 Å². The average molecular weight is 241 g/mol. The van der Waals surface area contributed by atoms with E-state index in [0.29, 0.717) is 5.75 Å². The van der Waals surface area contributed by atoms with E-state index in [1.165, 1.54) is 0 Å². The van der Waals surface area contributed by atoms with Gasteiger partial charge in [-0.15, -0.1) is 10.2 Å². The molecule has 0 aliphatic carbocycles. The quantitative estimate of drug-likeness (QED) is 0.630. The zero-order valence-corrected chi connectivity index (χ0v) is 8.57.